The molecule has 0 saturated carbocycles. The molecule has 0 N–H and O–H groups in total. The minimum atomic E-state index is 0.718. The second-order valence-electron chi connectivity index (χ2n) is 5.86. The van der Waals surface area contributed by atoms with Gasteiger partial charge >= 0.3 is 0 Å². The van der Waals surface area contributed by atoms with Gasteiger partial charge in [0.25, 0.3) is 0 Å². The predicted molar refractivity (Wildman–Crippen MR) is 106 cm³/mol. The highest BCUT2D eigenvalue weighted by molar-refractivity contribution is 6.30. The largest absolute Gasteiger partial charge is 0.320 e. The first-order valence-corrected chi connectivity index (χ1v) is 8.62. The molecule has 0 amide bonds. The number of imidazole rings is 1. The van der Waals surface area contributed by atoms with E-state index < -0.39 is 0 Å². The van der Waals surface area contributed by atoms with Gasteiger partial charge in [0.05, 0.1) is 11.0 Å². The van der Waals surface area contributed by atoms with Crippen molar-refractivity contribution in [1.29, 1.82) is 0 Å². The Balaban J connectivity index is 1.76. The summed E-state index contributed by atoms with van der Waals surface area (Å²) >= 11 is 6.18. The number of hydrogen-bond acceptors (Lipinski definition) is 1. The molecule has 0 aliphatic carbocycles. The molecule has 1 heterocycles. The summed E-state index contributed by atoms with van der Waals surface area (Å²) in [7, 11) is 0. The van der Waals surface area contributed by atoms with Crippen molar-refractivity contribution in [2.24, 2.45) is 0 Å². The molecule has 3 heteroatoms. The zero-order valence-corrected chi connectivity index (χ0v) is 14.4. The molecule has 25 heavy (non-hydrogen) atoms. The fraction of sp³-hybridized carbons (Fsp3) is 0.0455. The first-order chi connectivity index (χ1) is 12.3. The average molecular weight is 345 g/mol. The highest BCUT2D eigenvalue weighted by Gasteiger charge is 2.11. The van der Waals surface area contributed by atoms with Crippen molar-refractivity contribution >= 4 is 28.7 Å². The molecular weight excluding hydrogens is 328 g/mol. The van der Waals surface area contributed by atoms with Crippen molar-refractivity contribution in [2.75, 3.05) is 0 Å². The lowest BCUT2D eigenvalue weighted by Crippen LogP contribution is -1.98. The maximum atomic E-state index is 6.18. The second-order valence-corrected chi connectivity index (χ2v) is 6.29. The summed E-state index contributed by atoms with van der Waals surface area (Å²) in [6.07, 6.45) is 4.30. The van der Waals surface area contributed by atoms with Gasteiger partial charge in [0.1, 0.15) is 5.82 Å². The van der Waals surface area contributed by atoms with Crippen LogP contribution >= 0.6 is 11.6 Å². The molecule has 3 aromatic carbocycles. The highest BCUT2D eigenvalue weighted by atomic mass is 35.5. The van der Waals surface area contributed by atoms with Crippen molar-refractivity contribution in [3.63, 3.8) is 0 Å². The quantitative estimate of drug-likeness (QED) is 0.439. The number of para-hydroxylation sites is 2. The van der Waals surface area contributed by atoms with Gasteiger partial charge in [-0.3, -0.25) is 0 Å². The number of fused-ring (bicyclic) bond motifs is 1. The molecule has 0 aliphatic rings. The van der Waals surface area contributed by atoms with Crippen LogP contribution in [0.25, 0.3) is 28.5 Å². The molecule has 4 aromatic rings. The number of allylic oxidation sites excluding steroid dienone is 1. The maximum Gasteiger partial charge on any atom is 0.141 e. The molecule has 1 aromatic heterocycles. The van der Waals surface area contributed by atoms with Crippen LogP contribution in [0.2, 0.25) is 5.02 Å². The Bertz CT molecular complexity index is 1030. The molecule has 0 atom stereocenters. The van der Waals surface area contributed by atoms with E-state index in [1.807, 2.05) is 60.7 Å². The molecule has 0 aliphatic heterocycles. The van der Waals surface area contributed by atoms with E-state index in [0.29, 0.717) is 0 Å². The van der Waals surface area contributed by atoms with E-state index in [0.717, 1.165) is 34.0 Å². The number of benzene rings is 3. The number of aromatic nitrogens is 2. The van der Waals surface area contributed by atoms with Gasteiger partial charge in [-0.05, 0) is 29.8 Å². The van der Waals surface area contributed by atoms with Crippen LogP contribution in [0.1, 0.15) is 5.56 Å². The Morgan fingerprint density at radius 2 is 1.68 bits per heavy atom. The minimum Gasteiger partial charge on any atom is -0.320 e. The topological polar surface area (TPSA) is 17.8 Å². The SMILES string of the molecule is Clc1cccc(-c2nc3ccccc3n2C/C=C/c2ccccc2)c1. The first kappa shape index (κ1) is 15.7. The maximum absolute atomic E-state index is 6.18. The van der Waals surface area contributed by atoms with Crippen molar-refractivity contribution in [2.45, 2.75) is 6.54 Å². The zero-order valence-electron chi connectivity index (χ0n) is 13.6. The third-order valence-corrected chi connectivity index (χ3v) is 4.37. The van der Waals surface area contributed by atoms with E-state index in [-0.39, 0.29) is 0 Å². The van der Waals surface area contributed by atoms with Gasteiger partial charge in [-0.2, -0.15) is 0 Å². The summed E-state index contributed by atoms with van der Waals surface area (Å²) in [5, 5.41) is 0.718. The lowest BCUT2D eigenvalue weighted by atomic mass is 10.2. The van der Waals surface area contributed by atoms with Gasteiger partial charge in [0.2, 0.25) is 0 Å². The monoisotopic (exact) mass is 344 g/mol. The van der Waals surface area contributed by atoms with Crippen molar-refractivity contribution in [3.8, 4) is 11.4 Å². The molecule has 2 nitrogen and oxygen atoms in total. The fourth-order valence-corrected chi connectivity index (χ4v) is 3.16. The molecule has 0 unspecified atom stereocenters. The van der Waals surface area contributed by atoms with E-state index in [9.17, 15) is 0 Å². The number of halogens is 1. The van der Waals surface area contributed by atoms with E-state index in [1.165, 1.54) is 5.56 Å². The van der Waals surface area contributed by atoms with Crippen LogP contribution in [0.15, 0.2) is 84.9 Å². The molecule has 4 rings (SSSR count). The van der Waals surface area contributed by atoms with E-state index >= 15 is 0 Å². The van der Waals surface area contributed by atoms with Gasteiger partial charge in [-0.25, -0.2) is 4.98 Å². The Morgan fingerprint density at radius 3 is 2.52 bits per heavy atom. The Labute approximate surface area is 152 Å². The molecule has 122 valence electrons. The zero-order chi connectivity index (χ0) is 17.1. The van der Waals surface area contributed by atoms with Crippen LogP contribution in [0, 0.1) is 0 Å². The van der Waals surface area contributed by atoms with Gasteiger partial charge in [0.15, 0.2) is 0 Å². The van der Waals surface area contributed by atoms with Gasteiger partial charge in [-0.1, -0.05) is 78.4 Å². The molecule has 0 saturated heterocycles. The third-order valence-electron chi connectivity index (χ3n) is 4.14. The Morgan fingerprint density at radius 1 is 0.880 bits per heavy atom. The number of nitrogens with zero attached hydrogens (tertiary/aromatic N) is 2. The van der Waals surface area contributed by atoms with Gasteiger partial charge in [0, 0.05) is 17.1 Å². The van der Waals surface area contributed by atoms with Crippen LogP contribution in [-0.4, -0.2) is 9.55 Å². The molecule has 0 bridgehead atoms. The van der Waals surface area contributed by atoms with Gasteiger partial charge < -0.3 is 4.57 Å². The standard InChI is InChI=1S/C22H17ClN2/c23-19-12-6-11-18(16-19)22-24-20-13-4-5-14-21(20)25(22)15-7-10-17-8-2-1-3-9-17/h1-14,16H,15H2/b10-7+. The van der Waals surface area contributed by atoms with Crippen LogP contribution in [0.5, 0.6) is 0 Å². The second kappa shape index (κ2) is 6.96. The molecule has 0 fully saturated rings. The lowest BCUT2D eigenvalue weighted by Gasteiger charge is -2.07. The van der Waals surface area contributed by atoms with Crippen LogP contribution in [0.3, 0.4) is 0 Å². The predicted octanol–water partition coefficient (Wildman–Crippen LogP) is 6.07. The summed E-state index contributed by atoms with van der Waals surface area (Å²) in [6.45, 7) is 0.747. The fourth-order valence-electron chi connectivity index (χ4n) is 2.97. The van der Waals surface area contributed by atoms with Crippen LogP contribution < -0.4 is 0 Å². The number of rotatable bonds is 4. The minimum absolute atomic E-state index is 0.718. The Hall–Kier alpha value is -2.84. The third kappa shape index (κ3) is 3.35. The summed E-state index contributed by atoms with van der Waals surface area (Å²) in [6, 6.07) is 26.4. The van der Waals surface area contributed by atoms with Crippen LogP contribution in [-0.2, 0) is 6.54 Å². The van der Waals surface area contributed by atoms with Crippen molar-refractivity contribution < 1.29 is 0 Å². The Kier molecular flexibility index (Phi) is 4.36. The highest BCUT2D eigenvalue weighted by Crippen LogP contribution is 2.26. The summed E-state index contributed by atoms with van der Waals surface area (Å²) < 4.78 is 2.22. The normalized spacial score (nSPS) is 11.4. The molecular formula is C22H17ClN2. The lowest BCUT2D eigenvalue weighted by molar-refractivity contribution is 0.863. The summed E-state index contributed by atoms with van der Waals surface area (Å²) in [4.78, 5) is 4.82. The average Bonchev–Trinajstić information content (AvgIpc) is 3.02. The van der Waals surface area contributed by atoms with E-state index in [1.54, 1.807) is 0 Å². The van der Waals surface area contributed by atoms with Crippen molar-refractivity contribution in [1.82, 2.24) is 9.55 Å². The molecule has 0 radical (unpaired) electrons. The van der Waals surface area contributed by atoms with Gasteiger partial charge in [-0.15, -0.1) is 0 Å². The summed E-state index contributed by atoms with van der Waals surface area (Å²) in [5.41, 5.74) is 4.33. The molecule has 0 spiro atoms. The number of hydrogen-bond donors (Lipinski definition) is 0. The van der Waals surface area contributed by atoms with Crippen molar-refractivity contribution in [3.05, 3.63) is 95.5 Å². The van der Waals surface area contributed by atoms with E-state index in [2.05, 4.69) is 34.9 Å². The first-order valence-electron chi connectivity index (χ1n) is 8.24. The summed E-state index contributed by atoms with van der Waals surface area (Å²) in [5.74, 6) is 0.932. The van der Waals surface area contributed by atoms with E-state index in [4.69, 9.17) is 16.6 Å². The van der Waals surface area contributed by atoms with Crippen LogP contribution in [0.4, 0.5) is 0 Å². The smallest absolute Gasteiger partial charge is 0.141 e.